The second kappa shape index (κ2) is 5.41. The van der Waals surface area contributed by atoms with E-state index in [1.165, 1.54) is 19.3 Å². The fourth-order valence-corrected chi connectivity index (χ4v) is 2.15. The van der Waals surface area contributed by atoms with Crippen molar-refractivity contribution in [3.63, 3.8) is 0 Å². The Morgan fingerprint density at radius 2 is 2.31 bits per heavy atom. The fraction of sp³-hybridized carbons (Fsp3) is 0.818. The van der Waals surface area contributed by atoms with Crippen LogP contribution in [0.3, 0.4) is 0 Å². The lowest BCUT2D eigenvalue weighted by Crippen LogP contribution is -2.42. The van der Waals surface area contributed by atoms with Crippen LogP contribution in [-0.2, 0) is 6.54 Å². The van der Waals surface area contributed by atoms with Gasteiger partial charge in [-0.1, -0.05) is 6.42 Å². The number of piperidine rings is 1. The van der Waals surface area contributed by atoms with Gasteiger partial charge in [-0.15, -0.1) is 10.2 Å². The lowest BCUT2D eigenvalue weighted by Gasteiger charge is -2.27. The molecule has 0 radical (unpaired) electrons. The highest BCUT2D eigenvalue weighted by molar-refractivity contribution is 4.81. The maximum Gasteiger partial charge on any atom is 0.230 e. The molecule has 1 atom stereocenters. The first kappa shape index (κ1) is 11.5. The maximum atomic E-state index is 5.36. The highest BCUT2D eigenvalue weighted by atomic mass is 16.4. The molecule has 0 bridgehead atoms. The van der Waals surface area contributed by atoms with Crippen molar-refractivity contribution in [2.24, 2.45) is 0 Å². The molecule has 1 unspecified atom stereocenters. The molecule has 1 N–H and O–H groups in total. The summed E-state index contributed by atoms with van der Waals surface area (Å²) in [6, 6.07) is 0.614. The van der Waals surface area contributed by atoms with E-state index in [1.54, 1.807) is 0 Å². The zero-order chi connectivity index (χ0) is 11.4. The van der Waals surface area contributed by atoms with Crippen LogP contribution in [0.5, 0.6) is 0 Å². The van der Waals surface area contributed by atoms with E-state index >= 15 is 0 Å². The molecule has 5 heteroatoms. The molecular formula is C11H20N4O. The molecule has 0 amide bonds. The lowest BCUT2D eigenvalue weighted by atomic mass is 10.0. The Hall–Kier alpha value is -0.940. The number of aromatic nitrogens is 2. The Morgan fingerprint density at radius 3 is 2.94 bits per heavy atom. The summed E-state index contributed by atoms with van der Waals surface area (Å²) in [5.74, 6) is 1.34. The van der Waals surface area contributed by atoms with Crippen molar-refractivity contribution in [1.82, 2.24) is 20.4 Å². The monoisotopic (exact) mass is 224 g/mol. The number of nitrogens with one attached hydrogen (secondary N) is 1. The summed E-state index contributed by atoms with van der Waals surface area (Å²) in [5.41, 5.74) is 0. The van der Waals surface area contributed by atoms with Crippen LogP contribution < -0.4 is 5.32 Å². The predicted molar refractivity (Wildman–Crippen MR) is 61.0 cm³/mol. The van der Waals surface area contributed by atoms with Gasteiger partial charge in [0.2, 0.25) is 11.8 Å². The largest absolute Gasteiger partial charge is 0.424 e. The Morgan fingerprint density at radius 1 is 1.44 bits per heavy atom. The topological polar surface area (TPSA) is 54.2 Å². The smallest absolute Gasteiger partial charge is 0.230 e. The van der Waals surface area contributed by atoms with Gasteiger partial charge in [0.25, 0.3) is 0 Å². The summed E-state index contributed by atoms with van der Waals surface area (Å²) >= 11 is 0. The molecule has 1 aromatic heterocycles. The highest BCUT2D eigenvalue weighted by Gasteiger charge is 2.15. The van der Waals surface area contributed by atoms with Crippen molar-refractivity contribution in [3.8, 4) is 0 Å². The molecule has 0 saturated carbocycles. The third-order valence-electron chi connectivity index (χ3n) is 2.92. The molecule has 1 aromatic rings. The summed E-state index contributed by atoms with van der Waals surface area (Å²) in [7, 11) is 2.09. The third-order valence-corrected chi connectivity index (χ3v) is 2.92. The van der Waals surface area contributed by atoms with E-state index in [2.05, 4.69) is 27.5 Å². The van der Waals surface area contributed by atoms with Crippen LogP contribution >= 0.6 is 0 Å². The van der Waals surface area contributed by atoms with Crippen molar-refractivity contribution in [2.75, 3.05) is 20.1 Å². The molecule has 1 aliphatic rings. The van der Waals surface area contributed by atoms with E-state index in [1.807, 2.05) is 6.92 Å². The van der Waals surface area contributed by atoms with Gasteiger partial charge in [0.05, 0.1) is 6.54 Å². The SMILES string of the molecule is Cc1nnc(CN(C)CC2CCCCN2)o1. The molecule has 1 aliphatic heterocycles. The summed E-state index contributed by atoms with van der Waals surface area (Å²) in [4.78, 5) is 2.23. The van der Waals surface area contributed by atoms with Gasteiger partial charge in [-0.05, 0) is 26.4 Å². The Balaban J connectivity index is 1.77. The number of aryl methyl sites for hydroxylation is 1. The molecule has 2 rings (SSSR count). The van der Waals surface area contributed by atoms with Crippen molar-refractivity contribution >= 4 is 0 Å². The second-order valence-electron chi connectivity index (χ2n) is 4.56. The summed E-state index contributed by atoms with van der Waals surface area (Å²) in [5, 5.41) is 11.4. The molecular weight excluding hydrogens is 204 g/mol. The van der Waals surface area contributed by atoms with Gasteiger partial charge in [0.15, 0.2) is 0 Å². The van der Waals surface area contributed by atoms with E-state index in [0.717, 1.165) is 19.6 Å². The minimum atomic E-state index is 0.614. The van der Waals surface area contributed by atoms with Gasteiger partial charge in [0.1, 0.15) is 0 Å². The summed E-state index contributed by atoms with van der Waals surface area (Å²) in [6.07, 6.45) is 3.92. The van der Waals surface area contributed by atoms with Crippen molar-refractivity contribution in [1.29, 1.82) is 0 Å². The van der Waals surface area contributed by atoms with Crippen LogP contribution in [0.4, 0.5) is 0 Å². The first-order chi connectivity index (χ1) is 7.74. The van der Waals surface area contributed by atoms with Gasteiger partial charge in [-0.3, -0.25) is 4.90 Å². The highest BCUT2D eigenvalue weighted by Crippen LogP contribution is 2.09. The number of likely N-dealkylation sites (N-methyl/N-ethyl adjacent to an activating group) is 1. The number of hydrogen-bond donors (Lipinski definition) is 1. The molecule has 2 heterocycles. The molecule has 1 saturated heterocycles. The predicted octanol–water partition coefficient (Wildman–Crippen LogP) is 0.952. The molecule has 0 spiro atoms. The Bertz CT molecular complexity index is 320. The van der Waals surface area contributed by atoms with Gasteiger partial charge < -0.3 is 9.73 Å². The number of hydrogen-bond acceptors (Lipinski definition) is 5. The van der Waals surface area contributed by atoms with E-state index in [9.17, 15) is 0 Å². The molecule has 90 valence electrons. The first-order valence-electron chi connectivity index (χ1n) is 5.95. The fourth-order valence-electron chi connectivity index (χ4n) is 2.15. The molecule has 0 aromatic carbocycles. The van der Waals surface area contributed by atoms with E-state index in [4.69, 9.17) is 4.42 Å². The van der Waals surface area contributed by atoms with Crippen molar-refractivity contribution < 1.29 is 4.42 Å². The third kappa shape index (κ3) is 3.28. The molecule has 0 aliphatic carbocycles. The van der Waals surface area contributed by atoms with E-state index in [0.29, 0.717) is 17.8 Å². The maximum absolute atomic E-state index is 5.36. The summed E-state index contributed by atoms with van der Waals surface area (Å²) < 4.78 is 5.36. The van der Waals surface area contributed by atoms with Crippen LogP contribution in [0.1, 0.15) is 31.0 Å². The zero-order valence-electron chi connectivity index (χ0n) is 10.1. The van der Waals surface area contributed by atoms with Gasteiger partial charge in [-0.25, -0.2) is 0 Å². The molecule has 1 fully saturated rings. The second-order valence-corrected chi connectivity index (χ2v) is 4.56. The normalized spacial score (nSPS) is 21.6. The van der Waals surface area contributed by atoms with Crippen LogP contribution in [-0.4, -0.2) is 41.3 Å². The molecule has 5 nitrogen and oxygen atoms in total. The van der Waals surface area contributed by atoms with Crippen molar-refractivity contribution in [2.45, 2.75) is 38.8 Å². The Kier molecular flexibility index (Phi) is 3.90. The minimum Gasteiger partial charge on any atom is -0.424 e. The summed E-state index contributed by atoms with van der Waals surface area (Å²) in [6.45, 7) is 4.75. The number of nitrogens with zero attached hydrogens (tertiary/aromatic N) is 3. The van der Waals surface area contributed by atoms with Crippen LogP contribution in [0.15, 0.2) is 4.42 Å². The average molecular weight is 224 g/mol. The van der Waals surface area contributed by atoms with Crippen LogP contribution in [0, 0.1) is 6.92 Å². The lowest BCUT2D eigenvalue weighted by molar-refractivity contribution is 0.236. The zero-order valence-corrected chi connectivity index (χ0v) is 10.1. The first-order valence-corrected chi connectivity index (χ1v) is 5.95. The van der Waals surface area contributed by atoms with E-state index in [-0.39, 0.29) is 0 Å². The minimum absolute atomic E-state index is 0.614. The van der Waals surface area contributed by atoms with Crippen LogP contribution in [0.25, 0.3) is 0 Å². The van der Waals surface area contributed by atoms with Crippen molar-refractivity contribution in [3.05, 3.63) is 11.8 Å². The number of rotatable bonds is 4. The average Bonchev–Trinajstić information content (AvgIpc) is 2.65. The van der Waals surface area contributed by atoms with Gasteiger partial charge in [-0.2, -0.15) is 0 Å². The van der Waals surface area contributed by atoms with E-state index < -0.39 is 0 Å². The Labute approximate surface area is 96.2 Å². The van der Waals surface area contributed by atoms with Crippen LogP contribution in [0.2, 0.25) is 0 Å². The molecule has 16 heavy (non-hydrogen) atoms. The quantitative estimate of drug-likeness (QED) is 0.825. The van der Waals surface area contributed by atoms with Gasteiger partial charge in [0, 0.05) is 19.5 Å². The van der Waals surface area contributed by atoms with Gasteiger partial charge >= 0.3 is 0 Å². The standard InChI is InChI=1S/C11H20N4O/c1-9-13-14-11(16-9)8-15(2)7-10-5-3-4-6-12-10/h10,12H,3-8H2,1-2H3.